The highest BCUT2D eigenvalue weighted by molar-refractivity contribution is 5.89. The summed E-state index contributed by atoms with van der Waals surface area (Å²) in [7, 11) is 1.69. The van der Waals surface area contributed by atoms with Crippen molar-refractivity contribution < 1.29 is 4.39 Å². The first-order valence-electron chi connectivity index (χ1n) is 10.4. The molecule has 1 aromatic carbocycles. The molecule has 0 aliphatic carbocycles. The fraction of sp³-hybridized carbons (Fsp3) is 0.333. The number of nitriles is 2. The third-order valence-corrected chi connectivity index (χ3v) is 6.16. The molecular formula is C24H23FN6O. The molecule has 2 aromatic heterocycles. The number of fused-ring (bicyclic) bond motifs is 1. The molecule has 0 radical (unpaired) electrons. The summed E-state index contributed by atoms with van der Waals surface area (Å²) in [6.07, 6.45) is 0. The van der Waals surface area contributed by atoms with E-state index in [0.29, 0.717) is 53.2 Å². The van der Waals surface area contributed by atoms with E-state index in [4.69, 9.17) is 5.26 Å². The smallest absolute Gasteiger partial charge is 0.252 e. The van der Waals surface area contributed by atoms with Gasteiger partial charge < -0.3 is 9.47 Å². The largest absolute Gasteiger partial charge is 0.364 e. The molecule has 162 valence electrons. The molecule has 4 rings (SSSR count). The van der Waals surface area contributed by atoms with Crippen LogP contribution in [0.1, 0.15) is 30.7 Å². The van der Waals surface area contributed by atoms with Gasteiger partial charge in [-0.1, -0.05) is 6.07 Å². The van der Waals surface area contributed by atoms with Crippen LogP contribution < -0.4 is 10.5 Å². The second kappa shape index (κ2) is 8.41. The minimum Gasteiger partial charge on any atom is -0.364 e. The van der Waals surface area contributed by atoms with Gasteiger partial charge in [0, 0.05) is 50.4 Å². The maximum atomic E-state index is 14.4. The number of anilines is 1. The quantitative estimate of drug-likeness (QED) is 0.635. The lowest BCUT2D eigenvalue weighted by atomic mass is 10.0. The molecule has 3 heterocycles. The number of nitrogens with zero attached hydrogens (tertiary/aromatic N) is 6. The minimum atomic E-state index is -0.378. The van der Waals surface area contributed by atoms with Crippen LogP contribution in [0.2, 0.25) is 0 Å². The lowest BCUT2D eigenvalue weighted by Crippen LogP contribution is -2.56. The van der Waals surface area contributed by atoms with Crippen molar-refractivity contribution in [1.82, 2.24) is 14.5 Å². The third kappa shape index (κ3) is 3.81. The molecular weight excluding hydrogens is 407 g/mol. The summed E-state index contributed by atoms with van der Waals surface area (Å²) >= 11 is 0. The van der Waals surface area contributed by atoms with E-state index in [-0.39, 0.29) is 23.5 Å². The van der Waals surface area contributed by atoms with Crippen LogP contribution in [0.3, 0.4) is 0 Å². The number of benzene rings is 1. The van der Waals surface area contributed by atoms with E-state index >= 15 is 0 Å². The monoisotopic (exact) mass is 430 g/mol. The number of aromatic nitrogens is 2. The molecule has 1 aliphatic heterocycles. The molecule has 1 fully saturated rings. The zero-order valence-electron chi connectivity index (χ0n) is 18.2. The van der Waals surface area contributed by atoms with Gasteiger partial charge in [0.2, 0.25) is 0 Å². The normalized spacial score (nSPS) is 19.0. The van der Waals surface area contributed by atoms with E-state index in [1.54, 1.807) is 37.4 Å². The Morgan fingerprint density at radius 1 is 1.09 bits per heavy atom. The number of halogens is 1. The van der Waals surface area contributed by atoms with Gasteiger partial charge in [-0.2, -0.15) is 10.5 Å². The fourth-order valence-corrected chi connectivity index (χ4v) is 4.31. The molecule has 0 amide bonds. The number of pyridine rings is 2. The first kappa shape index (κ1) is 21.5. The number of hydrogen-bond donors (Lipinski definition) is 0. The van der Waals surface area contributed by atoms with Crippen LogP contribution in [-0.2, 0) is 13.6 Å². The molecule has 32 heavy (non-hydrogen) atoms. The molecule has 8 heteroatoms. The van der Waals surface area contributed by atoms with Gasteiger partial charge in [0.1, 0.15) is 23.1 Å². The second-order valence-electron chi connectivity index (χ2n) is 8.30. The van der Waals surface area contributed by atoms with Crippen molar-refractivity contribution in [2.45, 2.75) is 32.5 Å². The van der Waals surface area contributed by atoms with Crippen molar-refractivity contribution in [2.24, 2.45) is 7.05 Å². The van der Waals surface area contributed by atoms with Crippen molar-refractivity contribution in [3.63, 3.8) is 0 Å². The van der Waals surface area contributed by atoms with E-state index in [9.17, 15) is 14.4 Å². The van der Waals surface area contributed by atoms with Gasteiger partial charge in [-0.3, -0.25) is 9.69 Å². The molecule has 1 saturated heterocycles. The predicted octanol–water partition coefficient (Wildman–Crippen LogP) is 2.92. The second-order valence-corrected chi connectivity index (χ2v) is 8.30. The van der Waals surface area contributed by atoms with Crippen LogP contribution in [0.15, 0.2) is 41.2 Å². The number of rotatable bonds is 3. The Morgan fingerprint density at radius 2 is 1.88 bits per heavy atom. The molecule has 1 unspecified atom stereocenters. The topological polar surface area (TPSA) is 88.9 Å². The van der Waals surface area contributed by atoms with Crippen LogP contribution in [-0.4, -0.2) is 39.6 Å². The Hall–Kier alpha value is -3.75. The Labute approximate surface area is 185 Å². The van der Waals surface area contributed by atoms with Gasteiger partial charge in [-0.25, -0.2) is 9.37 Å². The zero-order chi connectivity index (χ0) is 23.0. The van der Waals surface area contributed by atoms with Crippen molar-refractivity contribution in [3.8, 4) is 12.1 Å². The summed E-state index contributed by atoms with van der Waals surface area (Å²) in [6.45, 7) is 5.85. The van der Waals surface area contributed by atoms with Gasteiger partial charge in [0.05, 0.1) is 22.8 Å². The van der Waals surface area contributed by atoms with Crippen LogP contribution in [0.5, 0.6) is 0 Å². The molecule has 0 saturated carbocycles. The van der Waals surface area contributed by atoms with Gasteiger partial charge in [-0.15, -0.1) is 0 Å². The maximum absolute atomic E-state index is 14.4. The first-order chi connectivity index (χ1) is 15.3. The van der Waals surface area contributed by atoms with Crippen LogP contribution in [0.25, 0.3) is 11.0 Å². The molecule has 0 N–H and O–H groups in total. The van der Waals surface area contributed by atoms with Gasteiger partial charge >= 0.3 is 0 Å². The van der Waals surface area contributed by atoms with Crippen LogP contribution >= 0.6 is 0 Å². The van der Waals surface area contributed by atoms with E-state index in [1.807, 2.05) is 6.07 Å². The van der Waals surface area contributed by atoms with Crippen molar-refractivity contribution in [1.29, 1.82) is 10.5 Å². The maximum Gasteiger partial charge on any atom is 0.252 e. The summed E-state index contributed by atoms with van der Waals surface area (Å²) in [4.78, 5) is 21.4. The van der Waals surface area contributed by atoms with E-state index in [0.717, 1.165) is 0 Å². The Morgan fingerprint density at radius 3 is 2.56 bits per heavy atom. The van der Waals surface area contributed by atoms with Crippen LogP contribution in [0, 0.1) is 28.5 Å². The summed E-state index contributed by atoms with van der Waals surface area (Å²) in [5.74, 6) is -0.378. The average Bonchev–Trinajstić information content (AvgIpc) is 2.79. The summed E-state index contributed by atoms with van der Waals surface area (Å²) in [5, 5.41) is 18.3. The summed E-state index contributed by atoms with van der Waals surface area (Å²) in [5.41, 5.74) is 3.03. The molecule has 3 aromatic rings. The zero-order valence-corrected chi connectivity index (χ0v) is 18.2. The van der Waals surface area contributed by atoms with Gasteiger partial charge in [-0.05, 0) is 38.1 Å². The standard InChI is InChI=1S/C24H23FN6O/c1-15-13-31(16(2)12-30(15)14-18-5-4-17(10-26)8-20(18)25)22-9-23(32)29(3)21-7-6-19(11-27)28-24(21)22/h4-9,15-16H,12-14H2,1-3H3/t15?,16-/m0/s1. The van der Waals surface area contributed by atoms with E-state index < -0.39 is 0 Å². The van der Waals surface area contributed by atoms with Crippen molar-refractivity contribution in [3.05, 3.63) is 69.4 Å². The molecule has 1 aliphatic rings. The first-order valence-corrected chi connectivity index (χ1v) is 10.4. The number of hydrogen-bond acceptors (Lipinski definition) is 6. The lowest BCUT2D eigenvalue weighted by molar-refractivity contribution is 0.156. The molecule has 7 nitrogen and oxygen atoms in total. The molecule has 0 spiro atoms. The van der Waals surface area contributed by atoms with Gasteiger partial charge in [0.15, 0.2) is 0 Å². The highest BCUT2D eigenvalue weighted by Gasteiger charge is 2.31. The number of piperazine rings is 1. The molecule has 2 atom stereocenters. The van der Waals surface area contributed by atoms with Gasteiger partial charge in [0.25, 0.3) is 5.56 Å². The Balaban J connectivity index is 1.65. The highest BCUT2D eigenvalue weighted by atomic mass is 19.1. The Kier molecular flexibility index (Phi) is 5.65. The van der Waals surface area contributed by atoms with Crippen LogP contribution in [0.4, 0.5) is 10.1 Å². The number of aryl methyl sites for hydroxylation is 1. The summed E-state index contributed by atoms with van der Waals surface area (Å²) in [6, 6.07) is 13.7. The average molecular weight is 430 g/mol. The van der Waals surface area contributed by atoms with E-state index in [1.165, 1.54) is 10.6 Å². The molecule has 0 bridgehead atoms. The lowest BCUT2D eigenvalue weighted by Gasteiger charge is -2.45. The van der Waals surface area contributed by atoms with Crippen molar-refractivity contribution in [2.75, 3.05) is 18.0 Å². The summed E-state index contributed by atoms with van der Waals surface area (Å²) < 4.78 is 16.0. The SMILES string of the molecule is CC1CN(c2cc(=O)n(C)c3ccc(C#N)nc23)[C@@H](C)CN1Cc1ccc(C#N)cc1F. The highest BCUT2D eigenvalue weighted by Crippen LogP contribution is 2.29. The third-order valence-electron chi connectivity index (χ3n) is 6.16. The van der Waals surface area contributed by atoms with E-state index in [2.05, 4.69) is 34.7 Å². The Bertz CT molecular complexity index is 1340. The minimum absolute atomic E-state index is 0.0375. The predicted molar refractivity (Wildman–Crippen MR) is 119 cm³/mol. The van der Waals surface area contributed by atoms with Crippen molar-refractivity contribution >= 4 is 16.7 Å². The fourth-order valence-electron chi connectivity index (χ4n) is 4.31.